The van der Waals surface area contributed by atoms with E-state index in [0.717, 1.165) is 12.8 Å². The van der Waals surface area contributed by atoms with Crippen LogP contribution in [0.3, 0.4) is 0 Å². The molecule has 0 saturated carbocycles. The Morgan fingerprint density at radius 1 is 0.432 bits per heavy atom. The molecule has 0 bridgehead atoms. The second-order valence-corrected chi connectivity index (χ2v) is 13.4. The van der Waals surface area contributed by atoms with Crippen molar-refractivity contribution in [1.82, 2.24) is 0 Å². The number of benzene rings is 4. The van der Waals surface area contributed by atoms with Crippen molar-refractivity contribution in [3.05, 3.63) is 161 Å². The largest absolute Gasteiger partial charge is 1.00 e. The molecule has 0 amide bonds. The topological polar surface area (TPSA) is 0 Å². The zero-order chi connectivity index (χ0) is 25.2. The van der Waals surface area contributed by atoms with E-state index in [2.05, 4.69) is 135 Å². The molecule has 4 aromatic carbocycles. The fourth-order valence-corrected chi connectivity index (χ4v) is 9.51. The Balaban J connectivity index is 0.00000176. The molecule has 0 fully saturated rings. The van der Waals surface area contributed by atoms with Crippen molar-refractivity contribution in [1.29, 1.82) is 0 Å². The third-order valence-electron chi connectivity index (χ3n) is 7.64. The quantitative estimate of drug-likeness (QED) is 0.222. The summed E-state index contributed by atoms with van der Waals surface area (Å²) in [6.07, 6.45) is 2.18. The van der Waals surface area contributed by atoms with E-state index in [1.165, 1.54) is 55.7 Å². The van der Waals surface area contributed by atoms with Crippen molar-refractivity contribution in [3.8, 4) is 0 Å². The Bertz CT molecular complexity index is 1440. The molecule has 2 aliphatic carbocycles. The molecule has 0 heterocycles. The maximum Gasteiger partial charge on any atom is -1.00 e. The fourth-order valence-electron chi connectivity index (χ4n) is 5.77. The van der Waals surface area contributed by atoms with Crippen LogP contribution in [-0.2, 0) is 23.2 Å². The predicted molar refractivity (Wildman–Crippen MR) is 156 cm³/mol. The van der Waals surface area contributed by atoms with Gasteiger partial charge in [-0.1, -0.05) is 0 Å². The monoisotopic (exact) mass is 554 g/mol. The Hall–Kier alpha value is -3.28. The molecule has 37 heavy (non-hydrogen) atoms. The maximum absolute atomic E-state index is 2.38. The summed E-state index contributed by atoms with van der Waals surface area (Å²) in [4.78, 5) is 0. The number of hydrogen-bond acceptors (Lipinski definition) is 0. The van der Waals surface area contributed by atoms with Gasteiger partial charge in [0.2, 0.25) is 0 Å². The van der Waals surface area contributed by atoms with Gasteiger partial charge in [0.05, 0.1) is 0 Å². The third kappa shape index (κ3) is 4.74. The first-order valence-corrected chi connectivity index (χ1v) is 15.5. The molecule has 180 valence electrons. The van der Waals surface area contributed by atoms with Crippen LogP contribution in [0.5, 0.6) is 0 Å². The first-order chi connectivity index (χ1) is 18.2. The van der Waals surface area contributed by atoms with E-state index in [0.29, 0.717) is 0 Å². The minimum Gasteiger partial charge on any atom is -1.00 e. The van der Waals surface area contributed by atoms with E-state index in [1.807, 2.05) is 0 Å². The zero-order valence-corrected chi connectivity index (χ0v) is 23.9. The van der Waals surface area contributed by atoms with Crippen LogP contribution >= 0.6 is 0 Å². The van der Waals surface area contributed by atoms with Gasteiger partial charge in [0.15, 0.2) is 0 Å². The van der Waals surface area contributed by atoms with Crippen LogP contribution in [0.25, 0.3) is 22.3 Å². The van der Waals surface area contributed by atoms with Crippen molar-refractivity contribution in [3.63, 3.8) is 0 Å². The summed E-state index contributed by atoms with van der Waals surface area (Å²) in [5.41, 5.74) is 14.4. The second-order valence-electron chi connectivity index (χ2n) is 9.86. The van der Waals surface area contributed by atoms with Crippen molar-refractivity contribution in [2.24, 2.45) is 0 Å². The van der Waals surface area contributed by atoms with E-state index in [-0.39, 0.29) is 2.85 Å². The molecule has 1 heteroatoms. The van der Waals surface area contributed by atoms with Gasteiger partial charge in [-0.25, -0.2) is 0 Å². The molecule has 0 nitrogen and oxygen atoms in total. The van der Waals surface area contributed by atoms with E-state index in [1.54, 1.807) is 6.56 Å². The van der Waals surface area contributed by atoms with Gasteiger partial charge in [0.1, 0.15) is 0 Å². The van der Waals surface area contributed by atoms with E-state index in [4.69, 9.17) is 0 Å². The standard InChI is InChI=1S/2C18H15.Zr.2H/c2*1-14-12-13-17(15-8-4-2-5-9-15)18(14)16-10-6-3-7-11-16;;;/h2*2-11H,13H2,1H3;;;/q;;+2;2*-1. The van der Waals surface area contributed by atoms with Crippen LogP contribution in [0.1, 0.15) is 51.8 Å². The van der Waals surface area contributed by atoms with Gasteiger partial charge in [0.25, 0.3) is 0 Å². The van der Waals surface area contributed by atoms with Crippen LogP contribution in [-0.4, -0.2) is 0 Å². The Kier molecular flexibility index (Phi) is 6.90. The third-order valence-corrected chi connectivity index (χ3v) is 11.8. The van der Waals surface area contributed by atoms with Crippen LogP contribution in [0.4, 0.5) is 0 Å². The average Bonchev–Trinajstić information content (AvgIpc) is 3.47. The molecular formula is C36H32Zr. The van der Waals surface area contributed by atoms with Crippen LogP contribution < -0.4 is 0 Å². The van der Waals surface area contributed by atoms with Gasteiger partial charge in [0, 0.05) is 0 Å². The molecule has 0 unspecified atom stereocenters. The summed E-state index contributed by atoms with van der Waals surface area (Å²) < 4.78 is 3.44. The first kappa shape index (κ1) is 24.1. The van der Waals surface area contributed by atoms with Gasteiger partial charge in [-0.2, -0.15) is 0 Å². The second kappa shape index (κ2) is 10.6. The first-order valence-electron chi connectivity index (χ1n) is 13.1. The number of rotatable bonds is 6. The molecule has 0 N–H and O–H groups in total. The summed E-state index contributed by atoms with van der Waals surface area (Å²) >= 11 is -0.966. The summed E-state index contributed by atoms with van der Waals surface area (Å²) in [6.45, 7) is 4.76. The molecule has 0 aliphatic heterocycles. The van der Waals surface area contributed by atoms with Crippen molar-refractivity contribution in [2.45, 2.75) is 26.7 Å². The van der Waals surface area contributed by atoms with Crippen LogP contribution in [0.2, 0.25) is 0 Å². The normalized spacial score (nSPS) is 15.6. The van der Waals surface area contributed by atoms with E-state index < -0.39 is 23.2 Å². The molecule has 6 rings (SSSR count). The smallest absolute Gasteiger partial charge is 1.00 e. The van der Waals surface area contributed by atoms with Gasteiger partial charge in [-0.15, -0.1) is 0 Å². The summed E-state index contributed by atoms with van der Waals surface area (Å²) in [5.74, 6) is 0. The number of allylic oxidation sites excluding steroid dienone is 8. The van der Waals surface area contributed by atoms with Gasteiger partial charge in [-0.05, 0) is 0 Å². The summed E-state index contributed by atoms with van der Waals surface area (Å²) in [7, 11) is 0. The summed E-state index contributed by atoms with van der Waals surface area (Å²) in [5, 5.41) is 0. The summed E-state index contributed by atoms with van der Waals surface area (Å²) in [6, 6.07) is 44.1. The van der Waals surface area contributed by atoms with Crippen molar-refractivity contribution < 1.29 is 26.1 Å². The fraction of sp³-hybridized carbons (Fsp3) is 0.111. The van der Waals surface area contributed by atoms with E-state index in [9.17, 15) is 0 Å². The zero-order valence-electron chi connectivity index (χ0n) is 23.5. The predicted octanol–water partition coefficient (Wildman–Crippen LogP) is 9.87. The Morgan fingerprint density at radius 2 is 0.730 bits per heavy atom. The molecule has 0 atom stereocenters. The van der Waals surface area contributed by atoms with E-state index >= 15 is 0 Å². The SMILES string of the molecule is CC1=[C]([Zr+2][C]2=C(C)C(c3ccccc3)=C(c3ccccc3)C2)CC(c2ccccc2)=C1c1ccccc1.[H-].[H-]. The molecule has 0 saturated heterocycles. The average molecular weight is 556 g/mol. The van der Waals surface area contributed by atoms with Crippen LogP contribution in [0.15, 0.2) is 139 Å². The Labute approximate surface area is 235 Å². The van der Waals surface area contributed by atoms with Crippen molar-refractivity contribution >= 4 is 22.3 Å². The molecule has 2 aliphatic rings. The van der Waals surface area contributed by atoms with Crippen LogP contribution in [0, 0.1) is 0 Å². The minimum atomic E-state index is -0.966. The molecule has 0 spiro atoms. The number of hydrogen-bond donors (Lipinski definition) is 0. The van der Waals surface area contributed by atoms with Gasteiger partial charge in [-0.3, -0.25) is 0 Å². The Morgan fingerprint density at radius 3 is 1.05 bits per heavy atom. The molecular weight excluding hydrogens is 524 g/mol. The maximum atomic E-state index is 2.38. The molecule has 0 radical (unpaired) electrons. The van der Waals surface area contributed by atoms with Gasteiger partial charge >= 0.3 is 234 Å². The van der Waals surface area contributed by atoms with Gasteiger partial charge < -0.3 is 2.85 Å². The van der Waals surface area contributed by atoms with Crippen molar-refractivity contribution in [2.75, 3.05) is 0 Å². The minimum absolute atomic E-state index is 0. The molecule has 4 aromatic rings. The molecule has 0 aromatic heterocycles.